The Morgan fingerprint density at radius 3 is 2.00 bits per heavy atom. The van der Waals surface area contributed by atoms with Crippen molar-refractivity contribution in [2.75, 3.05) is 13.2 Å². The van der Waals surface area contributed by atoms with Crippen LogP contribution in [0.1, 0.15) is 45.7 Å². The van der Waals surface area contributed by atoms with E-state index in [4.69, 9.17) is 51.1 Å². The second-order valence-corrected chi connectivity index (χ2v) is 8.39. The van der Waals surface area contributed by atoms with Crippen LogP contribution in [0.25, 0.3) is 0 Å². The minimum atomic E-state index is -0.766. The highest BCUT2D eigenvalue weighted by molar-refractivity contribution is 6.55. The molecule has 1 N–H and O–H groups in total. The van der Waals surface area contributed by atoms with Gasteiger partial charge in [0, 0.05) is 6.54 Å². The third kappa shape index (κ3) is 4.86. The summed E-state index contributed by atoms with van der Waals surface area (Å²) in [4.78, 5) is 50.1. The summed E-state index contributed by atoms with van der Waals surface area (Å²) in [7, 11) is 0. The number of halogens is 4. The molecule has 2 aromatic rings. The van der Waals surface area contributed by atoms with Crippen LogP contribution in [0, 0.1) is 0 Å². The quantitative estimate of drug-likeness (QED) is 0.248. The molecular formula is C21H16Cl4N2O5. The lowest BCUT2D eigenvalue weighted by atomic mass is 10.1. The Morgan fingerprint density at radius 1 is 0.938 bits per heavy atom. The van der Waals surface area contributed by atoms with E-state index >= 15 is 0 Å². The van der Waals surface area contributed by atoms with Crippen LogP contribution in [0.2, 0.25) is 20.1 Å². The monoisotopic (exact) mass is 516 g/mol. The van der Waals surface area contributed by atoms with E-state index in [2.05, 4.69) is 5.32 Å². The molecule has 32 heavy (non-hydrogen) atoms. The minimum Gasteiger partial charge on any atom is -0.456 e. The second kappa shape index (κ2) is 10.1. The molecule has 1 heterocycles. The summed E-state index contributed by atoms with van der Waals surface area (Å²) in [6.07, 6.45) is -0.330. The number of esters is 1. The molecule has 3 rings (SSSR count). The SMILES string of the molecule is C[C@@H](NC(=O)COC(=O)CCN1C(=O)c2c(Cl)c(Cl)c(Cl)c(Cl)c2C1=O)c1ccccc1. The molecule has 7 nitrogen and oxygen atoms in total. The molecule has 1 aliphatic heterocycles. The molecule has 0 unspecified atom stereocenters. The van der Waals surface area contributed by atoms with Crippen molar-refractivity contribution in [3.05, 3.63) is 67.1 Å². The van der Waals surface area contributed by atoms with Gasteiger partial charge in [-0.25, -0.2) is 0 Å². The fraction of sp³-hybridized carbons (Fsp3) is 0.238. The maximum absolute atomic E-state index is 12.6. The maximum atomic E-state index is 12.6. The van der Waals surface area contributed by atoms with E-state index in [1.807, 2.05) is 30.3 Å². The van der Waals surface area contributed by atoms with Crippen molar-refractivity contribution in [2.24, 2.45) is 0 Å². The van der Waals surface area contributed by atoms with Gasteiger partial charge >= 0.3 is 5.97 Å². The highest BCUT2D eigenvalue weighted by atomic mass is 35.5. The van der Waals surface area contributed by atoms with Gasteiger partial charge in [0.1, 0.15) is 0 Å². The number of imide groups is 1. The number of nitrogens with zero attached hydrogens (tertiary/aromatic N) is 1. The molecule has 0 saturated carbocycles. The smallest absolute Gasteiger partial charge is 0.308 e. The normalized spacial score (nSPS) is 13.7. The average molecular weight is 518 g/mol. The van der Waals surface area contributed by atoms with Crippen molar-refractivity contribution in [1.82, 2.24) is 10.2 Å². The van der Waals surface area contributed by atoms with E-state index in [1.165, 1.54) is 0 Å². The van der Waals surface area contributed by atoms with Crippen LogP contribution >= 0.6 is 46.4 Å². The standard InChI is InChI=1S/C21H16Cl4N2O5/c1-10(11-5-3-2-4-6-11)26-12(28)9-32-13(29)7-8-27-20(30)14-15(21(27)31)17(23)19(25)18(24)16(14)22/h2-6,10H,7-9H2,1H3,(H,26,28)/t10-/m1/s1. The van der Waals surface area contributed by atoms with E-state index in [0.29, 0.717) is 0 Å². The molecule has 168 valence electrons. The van der Waals surface area contributed by atoms with Gasteiger partial charge in [-0.1, -0.05) is 76.7 Å². The zero-order valence-corrected chi connectivity index (χ0v) is 19.6. The van der Waals surface area contributed by atoms with Crippen LogP contribution in [-0.4, -0.2) is 41.7 Å². The predicted molar refractivity (Wildman–Crippen MR) is 120 cm³/mol. The fourth-order valence-corrected chi connectivity index (χ4v) is 4.14. The van der Waals surface area contributed by atoms with Crippen molar-refractivity contribution in [3.63, 3.8) is 0 Å². The summed E-state index contributed by atoms with van der Waals surface area (Å²) in [5.41, 5.74) is 0.563. The van der Waals surface area contributed by atoms with Crippen molar-refractivity contribution in [3.8, 4) is 0 Å². The first-order chi connectivity index (χ1) is 15.1. The predicted octanol–water partition coefficient (Wildman–Crippen LogP) is 4.71. The number of rotatable bonds is 7. The van der Waals surface area contributed by atoms with Crippen molar-refractivity contribution >= 4 is 70.1 Å². The van der Waals surface area contributed by atoms with Gasteiger partial charge in [0.25, 0.3) is 17.7 Å². The number of hydrogen-bond donors (Lipinski definition) is 1. The number of amides is 3. The molecule has 11 heteroatoms. The fourth-order valence-electron chi connectivity index (χ4n) is 3.13. The third-order valence-electron chi connectivity index (χ3n) is 4.77. The number of nitrogens with one attached hydrogen (secondary N) is 1. The van der Waals surface area contributed by atoms with Crippen molar-refractivity contribution in [1.29, 1.82) is 0 Å². The zero-order valence-electron chi connectivity index (χ0n) is 16.6. The number of fused-ring (bicyclic) bond motifs is 1. The molecule has 0 fully saturated rings. The maximum Gasteiger partial charge on any atom is 0.308 e. The van der Waals surface area contributed by atoms with E-state index in [1.54, 1.807) is 6.92 Å². The number of benzene rings is 2. The Hall–Kier alpha value is -2.32. The van der Waals surface area contributed by atoms with Crippen LogP contribution in [0.15, 0.2) is 30.3 Å². The summed E-state index contributed by atoms with van der Waals surface area (Å²) < 4.78 is 4.94. The van der Waals surface area contributed by atoms with Gasteiger partial charge in [-0.05, 0) is 12.5 Å². The molecule has 3 amide bonds. The molecule has 1 atom stereocenters. The molecule has 0 spiro atoms. The summed E-state index contributed by atoms with van der Waals surface area (Å²) in [6, 6.07) is 9.00. The minimum absolute atomic E-state index is 0.143. The molecule has 0 aliphatic carbocycles. The largest absolute Gasteiger partial charge is 0.456 e. The second-order valence-electron chi connectivity index (χ2n) is 6.88. The Morgan fingerprint density at radius 2 is 1.47 bits per heavy atom. The Kier molecular flexibility index (Phi) is 7.67. The summed E-state index contributed by atoms with van der Waals surface area (Å²) in [5, 5.41) is 2.04. The van der Waals surface area contributed by atoms with Crippen LogP contribution in [0.4, 0.5) is 0 Å². The van der Waals surface area contributed by atoms with Crippen molar-refractivity contribution < 1.29 is 23.9 Å². The van der Waals surface area contributed by atoms with E-state index in [-0.39, 0.29) is 50.2 Å². The summed E-state index contributed by atoms with van der Waals surface area (Å²) in [5.74, 6) is -2.76. The van der Waals surface area contributed by atoms with Crippen molar-refractivity contribution in [2.45, 2.75) is 19.4 Å². The van der Waals surface area contributed by atoms with Crippen LogP contribution in [0.3, 0.4) is 0 Å². The average Bonchev–Trinajstić information content (AvgIpc) is 3.03. The lowest BCUT2D eigenvalue weighted by Gasteiger charge is -2.15. The van der Waals surface area contributed by atoms with Gasteiger partial charge in [-0.3, -0.25) is 24.1 Å². The zero-order chi connectivity index (χ0) is 23.6. The highest BCUT2D eigenvalue weighted by Crippen LogP contribution is 2.44. The Bertz CT molecular complexity index is 1060. The lowest BCUT2D eigenvalue weighted by Crippen LogP contribution is -2.34. The highest BCUT2D eigenvalue weighted by Gasteiger charge is 2.41. The van der Waals surface area contributed by atoms with Gasteiger partial charge in [-0.2, -0.15) is 0 Å². The van der Waals surface area contributed by atoms with Gasteiger partial charge in [0.15, 0.2) is 6.61 Å². The van der Waals surface area contributed by atoms with Gasteiger partial charge in [0.2, 0.25) is 0 Å². The molecule has 0 aromatic heterocycles. The topological polar surface area (TPSA) is 92.8 Å². The Labute approximate surface area is 203 Å². The van der Waals surface area contributed by atoms with Gasteiger partial charge in [0.05, 0.1) is 43.7 Å². The van der Waals surface area contributed by atoms with E-state index in [9.17, 15) is 19.2 Å². The third-order valence-corrected chi connectivity index (χ3v) is 6.57. The molecular weight excluding hydrogens is 502 g/mol. The number of carbonyl (C=O) groups excluding carboxylic acids is 4. The van der Waals surface area contributed by atoms with Crippen LogP contribution in [0.5, 0.6) is 0 Å². The first-order valence-electron chi connectivity index (χ1n) is 9.35. The van der Waals surface area contributed by atoms with Gasteiger partial charge in [-0.15, -0.1) is 0 Å². The molecule has 1 aliphatic rings. The number of hydrogen-bond acceptors (Lipinski definition) is 5. The number of ether oxygens (including phenoxy) is 1. The number of carbonyl (C=O) groups is 4. The summed E-state index contributed by atoms with van der Waals surface area (Å²) >= 11 is 24.0. The molecule has 0 saturated heterocycles. The van der Waals surface area contributed by atoms with E-state index < -0.39 is 30.3 Å². The summed E-state index contributed by atoms with van der Waals surface area (Å²) in [6.45, 7) is 1.00. The van der Waals surface area contributed by atoms with Crippen LogP contribution in [-0.2, 0) is 14.3 Å². The molecule has 0 radical (unpaired) electrons. The first-order valence-corrected chi connectivity index (χ1v) is 10.9. The first kappa shape index (κ1) is 24.3. The lowest BCUT2D eigenvalue weighted by molar-refractivity contribution is -0.148. The molecule has 0 bridgehead atoms. The van der Waals surface area contributed by atoms with E-state index in [0.717, 1.165) is 10.5 Å². The Balaban J connectivity index is 1.54. The van der Waals surface area contributed by atoms with Gasteiger partial charge < -0.3 is 10.1 Å². The van der Waals surface area contributed by atoms with Crippen LogP contribution < -0.4 is 5.32 Å². The molecule has 2 aromatic carbocycles.